The minimum atomic E-state index is -1.28. The first-order valence-corrected chi connectivity index (χ1v) is 10.2. The van der Waals surface area contributed by atoms with Gasteiger partial charge in [-0.15, -0.1) is 0 Å². The highest BCUT2D eigenvalue weighted by molar-refractivity contribution is 5.99. The number of nitrogens with two attached hydrogens (primary N) is 1. The van der Waals surface area contributed by atoms with Gasteiger partial charge in [0.1, 0.15) is 0 Å². The molecule has 2 aromatic carbocycles. The molecule has 1 aromatic heterocycles. The van der Waals surface area contributed by atoms with Gasteiger partial charge in [0.05, 0.1) is 22.9 Å². The molecule has 32 heavy (non-hydrogen) atoms. The first kappa shape index (κ1) is 23.0. The maximum Gasteiger partial charge on any atom is 0.348 e. The molecule has 2 atom stereocenters. The summed E-state index contributed by atoms with van der Waals surface area (Å²) in [4.78, 5) is 41.2. The molecule has 0 spiro atoms. The molecule has 1 heterocycles. The fourth-order valence-corrected chi connectivity index (χ4v) is 3.42. The number of benzene rings is 2. The number of carboxylic acids is 1. The molecule has 0 aliphatic rings. The van der Waals surface area contributed by atoms with Crippen LogP contribution >= 0.6 is 0 Å². The largest absolute Gasteiger partial charge is 0.481 e. The molecule has 3 aromatic rings. The molecule has 9 nitrogen and oxygen atoms in total. The summed E-state index contributed by atoms with van der Waals surface area (Å²) in [6.45, 7) is 5.45. The first-order chi connectivity index (χ1) is 15.2. The third kappa shape index (κ3) is 5.30. The second kappa shape index (κ2) is 9.61. The molecule has 0 aliphatic heterocycles. The number of carboxylic acid groups (broad SMARTS) is 1. The lowest BCUT2D eigenvalue weighted by atomic mass is 9.92. The van der Waals surface area contributed by atoms with Crippen molar-refractivity contribution in [1.82, 2.24) is 4.98 Å². The zero-order valence-electron chi connectivity index (χ0n) is 18.1. The van der Waals surface area contributed by atoms with Crippen LogP contribution in [0.4, 0.5) is 11.7 Å². The Morgan fingerprint density at radius 3 is 2.50 bits per heavy atom. The van der Waals surface area contributed by atoms with Gasteiger partial charge in [-0.25, -0.2) is 4.79 Å². The Labute approximate surface area is 184 Å². The summed E-state index contributed by atoms with van der Waals surface area (Å²) in [5, 5.41) is 15.5. The number of amides is 1. The fourth-order valence-electron chi connectivity index (χ4n) is 3.42. The van der Waals surface area contributed by atoms with Crippen LogP contribution in [-0.4, -0.2) is 34.1 Å². The van der Waals surface area contributed by atoms with Gasteiger partial charge in [0.2, 0.25) is 5.91 Å². The molecule has 0 radical (unpaired) electrons. The lowest BCUT2D eigenvalue weighted by Gasteiger charge is -2.20. The summed E-state index contributed by atoms with van der Waals surface area (Å²) < 4.78 is 5.21. The number of anilines is 2. The number of nitrogens with zero attached hydrogens (tertiary/aromatic N) is 1. The Kier molecular flexibility index (Phi) is 6.89. The molecule has 9 heteroatoms. The summed E-state index contributed by atoms with van der Waals surface area (Å²) in [6.07, 6.45) is 0.119. The van der Waals surface area contributed by atoms with Crippen molar-refractivity contribution in [3.8, 4) is 0 Å². The number of aromatic nitrogens is 1. The lowest BCUT2D eigenvalue weighted by Crippen LogP contribution is -2.46. The SMILES string of the molecule is Cc1cc(NC(=O)[C@@H](N)C(Cc2ccccc2)C(=O)O)cc2nc(NC(C)C)oc(=O)c12. The van der Waals surface area contributed by atoms with Crippen LogP contribution in [0, 0.1) is 12.8 Å². The number of aliphatic carboxylic acids is 1. The van der Waals surface area contributed by atoms with Crippen molar-refractivity contribution in [1.29, 1.82) is 0 Å². The quantitative estimate of drug-likeness (QED) is 0.419. The van der Waals surface area contributed by atoms with Crippen molar-refractivity contribution in [3.63, 3.8) is 0 Å². The number of hydrogen-bond acceptors (Lipinski definition) is 7. The van der Waals surface area contributed by atoms with Crippen molar-refractivity contribution in [2.75, 3.05) is 10.6 Å². The van der Waals surface area contributed by atoms with Gasteiger partial charge in [-0.1, -0.05) is 30.3 Å². The van der Waals surface area contributed by atoms with Crippen LogP contribution in [0.2, 0.25) is 0 Å². The van der Waals surface area contributed by atoms with Gasteiger partial charge in [0, 0.05) is 11.7 Å². The van der Waals surface area contributed by atoms with E-state index in [1.807, 2.05) is 19.9 Å². The van der Waals surface area contributed by atoms with E-state index in [1.54, 1.807) is 37.3 Å². The van der Waals surface area contributed by atoms with E-state index in [1.165, 1.54) is 6.07 Å². The van der Waals surface area contributed by atoms with Crippen LogP contribution in [0.15, 0.2) is 51.7 Å². The number of fused-ring (bicyclic) bond motifs is 1. The molecule has 0 saturated heterocycles. The number of hydrogen-bond donors (Lipinski definition) is 4. The molecule has 3 rings (SSSR count). The lowest BCUT2D eigenvalue weighted by molar-refractivity contribution is -0.144. The number of aryl methyl sites for hydroxylation is 1. The molecule has 0 aliphatic carbocycles. The van der Waals surface area contributed by atoms with Gasteiger partial charge >= 0.3 is 11.6 Å². The number of rotatable bonds is 8. The van der Waals surface area contributed by atoms with Crippen LogP contribution in [0.25, 0.3) is 10.9 Å². The van der Waals surface area contributed by atoms with E-state index < -0.39 is 29.5 Å². The number of carbonyl (C=O) groups is 2. The molecule has 1 amide bonds. The van der Waals surface area contributed by atoms with E-state index in [9.17, 15) is 19.5 Å². The molecule has 5 N–H and O–H groups in total. The van der Waals surface area contributed by atoms with Crippen molar-refractivity contribution in [2.24, 2.45) is 11.7 Å². The Bertz CT molecular complexity index is 1190. The number of carbonyl (C=O) groups excluding carboxylic acids is 1. The van der Waals surface area contributed by atoms with E-state index in [-0.39, 0.29) is 18.5 Å². The maximum absolute atomic E-state index is 12.8. The molecule has 0 fully saturated rings. The van der Waals surface area contributed by atoms with E-state index in [2.05, 4.69) is 15.6 Å². The van der Waals surface area contributed by atoms with Crippen LogP contribution in [0.1, 0.15) is 25.0 Å². The predicted molar refractivity (Wildman–Crippen MR) is 122 cm³/mol. The molecule has 168 valence electrons. The highest BCUT2D eigenvalue weighted by Crippen LogP contribution is 2.22. The monoisotopic (exact) mass is 438 g/mol. The van der Waals surface area contributed by atoms with Gasteiger partial charge in [-0.2, -0.15) is 4.98 Å². The molecule has 1 unspecified atom stereocenters. The topological polar surface area (TPSA) is 148 Å². The van der Waals surface area contributed by atoms with Crippen LogP contribution in [0.5, 0.6) is 0 Å². The van der Waals surface area contributed by atoms with E-state index in [0.717, 1.165) is 5.56 Å². The highest BCUT2D eigenvalue weighted by Gasteiger charge is 2.31. The zero-order chi connectivity index (χ0) is 23.4. The molecular weight excluding hydrogens is 412 g/mol. The second-order valence-electron chi connectivity index (χ2n) is 7.94. The third-order valence-corrected chi connectivity index (χ3v) is 4.96. The number of nitrogens with one attached hydrogen (secondary N) is 2. The van der Waals surface area contributed by atoms with Crippen LogP contribution in [-0.2, 0) is 16.0 Å². The zero-order valence-corrected chi connectivity index (χ0v) is 18.1. The second-order valence-corrected chi connectivity index (χ2v) is 7.94. The van der Waals surface area contributed by atoms with Gasteiger partial charge in [0.15, 0.2) is 0 Å². The van der Waals surface area contributed by atoms with Crippen molar-refractivity contribution in [2.45, 2.75) is 39.3 Å². The normalized spacial score (nSPS) is 13.0. The van der Waals surface area contributed by atoms with Gasteiger partial charge < -0.3 is 25.9 Å². The Balaban J connectivity index is 1.86. The summed E-state index contributed by atoms with van der Waals surface area (Å²) in [5.41, 5.74) is 7.51. The Morgan fingerprint density at radius 2 is 1.88 bits per heavy atom. The molecule has 0 bridgehead atoms. The summed E-state index contributed by atoms with van der Waals surface area (Å²) in [6, 6.07) is 10.9. The average molecular weight is 438 g/mol. The molecule has 0 saturated carbocycles. The van der Waals surface area contributed by atoms with Crippen LogP contribution in [0.3, 0.4) is 0 Å². The Morgan fingerprint density at radius 1 is 1.19 bits per heavy atom. The average Bonchev–Trinajstić information content (AvgIpc) is 2.71. The van der Waals surface area contributed by atoms with Gasteiger partial charge in [0.25, 0.3) is 6.01 Å². The van der Waals surface area contributed by atoms with Gasteiger partial charge in [-0.3, -0.25) is 9.59 Å². The smallest absolute Gasteiger partial charge is 0.348 e. The minimum Gasteiger partial charge on any atom is -0.481 e. The van der Waals surface area contributed by atoms with Gasteiger partial charge in [-0.05, 0) is 50.5 Å². The van der Waals surface area contributed by atoms with E-state index in [0.29, 0.717) is 22.2 Å². The maximum atomic E-state index is 12.8. The van der Waals surface area contributed by atoms with Crippen molar-refractivity contribution >= 4 is 34.5 Å². The highest BCUT2D eigenvalue weighted by atomic mass is 16.4. The fraction of sp³-hybridized carbons (Fsp3) is 0.304. The summed E-state index contributed by atoms with van der Waals surface area (Å²) in [7, 11) is 0. The first-order valence-electron chi connectivity index (χ1n) is 10.2. The summed E-state index contributed by atoms with van der Waals surface area (Å²) >= 11 is 0. The minimum absolute atomic E-state index is 0.00245. The predicted octanol–water partition coefficient (Wildman–Crippen LogP) is 2.53. The van der Waals surface area contributed by atoms with Crippen molar-refractivity contribution in [3.05, 3.63) is 64.0 Å². The third-order valence-electron chi connectivity index (χ3n) is 4.96. The molecular formula is C23H26N4O5. The van der Waals surface area contributed by atoms with E-state index >= 15 is 0 Å². The van der Waals surface area contributed by atoms with E-state index in [4.69, 9.17) is 10.2 Å². The standard InChI is InChI=1S/C23H26N4O5/c1-12(2)25-23-27-17-11-15(9-13(3)18(17)22(31)32-23)26-20(28)19(24)16(21(29)30)10-14-7-5-4-6-8-14/h4-9,11-12,16,19H,10,24H2,1-3H3,(H,25,27)(H,26,28)(H,29,30)/t16?,19-/m0/s1. The van der Waals surface area contributed by atoms with Crippen LogP contribution < -0.4 is 22.0 Å². The Hall–Kier alpha value is -3.72. The van der Waals surface area contributed by atoms with Crippen molar-refractivity contribution < 1.29 is 19.1 Å². The summed E-state index contributed by atoms with van der Waals surface area (Å²) in [5.74, 6) is -2.91.